The number of nitrogens with zero attached hydrogens (tertiary/aromatic N) is 4. The van der Waals surface area contributed by atoms with Crippen molar-refractivity contribution in [3.63, 3.8) is 0 Å². The number of methoxy groups -OCH3 is 1. The van der Waals surface area contributed by atoms with Gasteiger partial charge in [0.05, 0.1) is 31.4 Å². The first kappa shape index (κ1) is 21.0. The second-order valence-electron chi connectivity index (χ2n) is 8.01. The molecule has 1 aromatic heterocycles. The maximum absolute atomic E-state index is 13.9. The van der Waals surface area contributed by atoms with E-state index in [-0.39, 0.29) is 0 Å². The van der Waals surface area contributed by atoms with Crippen LogP contribution in [0.2, 0.25) is 0 Å². The van der Waals surface area contributed by atoms with Gasteiger partial charge in [-0.1, -0.05) is 11.2 Å². The summed E-state index contributed by atoms with van der Waals surface area (Å²) >= 11 is 0. The molecule has 0 radical (unpaired) electrons. The summed E-state index contributed by atoms with van der Waals surface area (Å²) in [6.45, 7) is 4.47. The van der Waals surface area contributed by atoms with Crippen LogP contribution in [0.3, 0.4) is 0 Å². The number of hydrogen-bond donors (Lipinski definition) is 0. The van der Waals surface area contributed by atoms with Crippen LogP contribution >= 0.6 is 0 Å². The fraction of sp³-hybridized carbons (Fsp3) is 0.250. The number of aromatic nitrogens is 2. The minimum atomic E-state index is -1.15. The summed E-state index contributed by atoms with van der Waals surface area (Å²) < 4.78 is 41.1. The predicted octanol–water partition coefficient (Wildman–Crippen LogP) is 4.36. The van der Waals surface area contributed by atoms with E-state index in [4.69, 9.17) is 14.3 Å². The van der Waals surface area contributed by atoms with Crippen LogP contribution in [0.25, 0.3) is 11.8 Å². The first-order valence-electron chi connectivity index (χ1n) is 10.4. The average Bonchev–Trinajstić information content (AvgIpc) is 3.38. The van der Waals surface area contributed by atoms with Crippen LogP contribution in [0.15, 0.2) is 59.8 Å². The van der Waals surface area contributed by atoms with Gasteiger partial charge in [-0.3, -0.25) is 0 Å². The molecule has 33 heavy (non-hydrogen) atoms. The Kier molecular flexibility index (Phi) is 5.03. The molecule has 2 aliphatic rings. The van der Waals surface area contributed by atoms with Gasteiger partial charge >= 0.3 is 0 Å². The lowest BCUT2D eigenvalue weighted by atomic mass is 10.0. The number of amidine groups is 1. The Morgan fingerprint density at radius 3 is 2.64 bits per heavy atom. The number of rotatable bonds is 4. The van der Waals surface area contributed by atoms with Crippen LogP contribution in [-0.4, -0.2) is 40.5 Å². The number of fused-ring (bicyclic) bond motifs is 1. The van der Waals surface area contributed by atoms with Crippen molar-refractivity contribution in [3.05, 3.63) is 83.1 Å². The fourth-order valence-electron chi connectivity index (χ4n) is 4.08. The monoisotopic (exact) mass is 452 g/mol. The molecule has 2 aromatic carbocycles. The zero-order valence-electron chi connectivity index (χ0n) is 18.4. The minimum Gasteiger partial charge on any atom is -0.495 e. The summed E-state index contributed by atoms with van der Waals surface area (Å²) in [4.78, 5) is 11.8. The Morgan fingerprint density at radius 1 is 1.15 bits per heavy atom. The topological polar surface area (TPSA) is 61.1 Å². The van der Waals surface area contributed by atoms with Gasteiger partial charge in [0.2, 0.25) is 11.6 Å². The van der Waals surface area contributed by atoms with Crippen molar-refractivity contribution < 1.29 is 23.1 Å². The van der Waals surface area contributed by atoms with E-state index in [9.17, 15) is 8.78 Å². The summed E-state index contributed by atoms with van der Waals surface area (Å²) in [5.74, 6) is 0.274. The molecule has 7 nitrogen and oxygen atoms in total. The SMILES string of the molecule is COc1cc(/C=C2/OCCN3C2=NOC3(C)c2cc(F)cc(F)c2)ccc1-n1cnc(C)c1. The molecule has 0 N–H and O–H groups in total. The van der Waals surface area contributed by atoms with Gasteiger partial charge in [-0.2, -0.15) is 0 Å². The molecule has 0 amide bonds. The molecule has 0 saturated carbocycles. The van der Waals surface area contributed by atoms with E-state index >= 15 is 0 Å². The van der Waals surface area contributed by atoms with Crippen LogP contribution in [0.4, 0.5) is 8.78 Å². The van der Waals surface area contributed by atoms with E-state index in [2.05, 4.69) is 10.1 Å². The van der Waals surface area contributed by atoms with Crippen molar-refractivity contribution in [2.24, 2.45) is 5.16 Å². The summed E-state index contributed by atoms with van der Waals surface area (Å²) in [6, 6.07) is 9.08. The summed E-state index contributed by atoms with van der Waals surface area (Å²) in [5, 5.41) is 4.20. The van der Waals surface area contributed by atoms with Crippen molar-refractivity contribution in [2.75, 3.05) is 20.3 Å². The third kappa shape index (κ3) is 3.69. The molecule has 3 heterocycles. The van der Waals surface area contributed by atoms with Gasteiger partial charge in [0.1, 0.15) is 24.0 Å². The molecule has 2 aliphatic heterocycles. The number of aryl methyl sites for hydroxylation is 1. The molecule has 1 saturated heterocycles. The molecule has 170 valence electrons. The van der Waals surface area contributed by atoms with E-state index < -0.39 is 17.4 Å². The number of ether oxygens (including phenoxy) is 2. The van der Waals surface area contributed by atoms with Gasteiger partial charge in [0, 0.05) is 24.8 Å². The second-order valence-corrected chi connectivity index (χ2v) is 8.01. The highest BCUT2D eigenvalue weighted by molar-refractivity contribution is 6.01. The average molecular weight is 452 g/mol. The number of halogens is 2. The van der Waals surface area contributed by atoms with Gasteiger partial charge in [0.15, 0.2) is 5.76 Å². The van der Waals surface area contributed by atoms with Crippen molar-refractivity contribution in [1.29, 1.82) is 0 Å². The molecule has 1 unspecified atom stereocenters. The van der Waals surface area contributed by atoms with Crippen LogP contribution in [0.1, 0.15) is 23.7 Å². The van der Waals surface area contributed by atoms with Crippen LogP contribution in [-0.2, 0) is 15.3 Å². The molecule has 9 heteroatoms. The number of oxime groups is 1. The number of imidazole rings is 1. The first-order valence-corrected chi connectivity index (χ1v) is 10.4. The standard InChI is InChI=1S/C24H22F2N4O3/c1-15-13-29(14-27-15)20-5-4-16(8-21(20)31-3)9-22-23-28-33-24(2,30(23)6-7-32-22)17-10-18(25)12-19(26)11-17/h4-5,8-14H,6-7H2,1-3H3/b22-9+. The van der Waals surface area contributed by atoms with Crippen molar-refractivity contribution in [2.45, 2.75) is 19.6 Å². The fourth-order valence-corrected chi connectivity index (χ4v) is 4.08. The highest BCUT2D eigenvalue weighted by atomic mass is 19.1. The summed E-state index contributed by atoms with van der Waals surface area (Å²) in [6.07, 6.45) is 5.48. The van der Waals surface area contributed by atoms with Gasteiger partial charge in [-0.15, -0.1) is 0 Å². The van der Waals surface area contributed by atoms with E-state index in [1.54, 1.807) is 20.4 Å². The molecule has 0 aliphatic carbocycles. The smallest absolute Gasteiger partial charge is 0.234 e. The molecule has 1 fully saturated rings. The minimum absolute atomic E-state index is 0.335. The zero-order chi connectivity index (χ0) is 23.2. The summed E-state index contributed by atoms with van der Waals surface area (Å²) in [7, 11) is 1.61. The van der Waals surface area contributed by atoms with E-state index in [1.165, 1.54) is 12.1 Å². The third-order valence-electron chi connectivity index (χ3n) is 5.76. The lowest BCUT2D eigenvalue weighted by Gasteiger charge is -2.37. The third-order valence-corrected chi connectivity index (χ3v) is 5.76. The predicted molar refractivity (Wildman–Crippen MR) is 118 cm³/mol. The van der Waals surface area contributed by atoms with Crippen molar-refractivity contribution in [3.8, 4) is 11.4 Å². The molecule has 3 aromatic rings. The van der Waals surface area contributed by atoms with E-state index in [1.807, 2.05) is 46.9 Å². The Bertz CT molecular complexity index is 1270. The first-order chi connectivity index (χ1) is 15.9. The maximum Gasteiger partial charge on any atom is 0.234 e. The molecular formula is C24H22F2N4O3. The quantitative estimate of drug-likeness (QED) is 0.589. The van der Waals surface area contributed by atoms with Crippen LogP contribution in [0.5, 0.6) is 5.75 Å². The molecule has 1 atom stereocenters. The van der Waals surface area contributed by atoms with Gasteiger partial charge < -0.3 is 23.8 Å². The maximum atomic E-state index is 13.9. The molecule has 5 rings (SSSR count). The second kappa shape index (κ2) is 7.91. The number of morpholine rings is 1. The van der Waals surface area contributed by atoms with Gasteiger partial charge in [-0.05, 0) is 42.8 Å². The van der Waals surface area contributed by atoms with E-state index in [0.717, 1.165) is 23.0 Å². The largest absolute Gasteiger partial charge is 0.495 e. The van der Waals surface area contributed by atoms with Crippen molar-refractivity contribution >= 4 is 11.9 Å². The zero-order valence-corrected chi connectivity index (χ0v) is 18.4. The van der Waals surface area contributed by atoms with Crippen LogP contribution < -0.4 is 4.74 Å². The highest BCUT2D eigenvalue weighted by Crippen LogP contribution is 2.39. The van der Waals surface area contributed by atoms with Crippen molar-refractivity contribution in [1.82, 2.24) is 14.5 Å². The molecule has 0 spiro atoms. The Balaban J connectivity index is 1.47. The number of hydrogen-bond acceptors (Lipinski definition) is 6. The van der Waals surface area contributed by atoms with Gasteiger partial charge in [-0.25, -0.2) is 13.8 Å². The lowest BCUT2D eigenvalue weighted by molar-refractivity contribution is -0.0971. The lowest BCUT2D eigenvalue weighted by Crippen LogP contribution is -2.49. The molecular weight excluding hydrogens is 430 g/mol. The normalized spacial score (nSPS) is 20.8. The van der Waals surface area contributed by atoms with Crippen LogP contribution in [0, 0.1) is 18.6 Å². The molecule has 0 bridgehead atoms. The Morgan fingerprint density at radius 2 is 1.94 bits per heavy atom. The number of benzene rings is 2. The Labute approximate surface area is 189 Å². The Hall–Kier alpha value is -3.88. The van der Waals surface area contributed by atoms with E-state index in [0.29, 0.717) is 36.1 Å². The van der Waals surface area contributed by atoms with Gasteiger partial charge in [0.25, 0.3) is 0 Å². The summed E-state index contributed by atoms with van der Waals surface area (Å²) in [5.41, 5.74) is 1.77. The highest BCUT2D eigenvalue weighted by Gasteiger charge is 2.47.